The summed E-state index contributed by atoms with van der Waals surface area (Å²) < 4.78 is 40.2. The lowest BCUT2D eigenvalue weighted by molar-refractivity contribution is 0.336. The van der Waals surface area contributed by atoms with Crippen molar-refractivity contribution in [3.63, 3.8) is 0 Å². The summed E-state index contributed by atoms with van der Waals surface area (Å²) in [6.45, 7) is 0.438. The highest BCUT2D eigenvalue weighted by atomic mass is 32.2. The van der Waals surface area contributed by atoms with Gasteiger partial charge in [-0.2, -0.15) is 0 Å². The van der Waals surface area contributed by atoms with E-state index in [1.165, 1.54) is 18.2 Å². The molecule has 0 aliphatic rings. The van der Waals surface area contributed by atoms with Crippen molar-refractivity contribution in [1.82, 2.24) is 0 Å². The van der Waals surface area contributed by atoms with Crippen molar-refractivity contribution in [2.24, 2.45) is 5.73 Å². The van der Waals surface area contributed by atoms with E-state index >= 15 is 0 Å². The fraction of sp³-hybridized carbons (Fsp3) is 0.455. The lowest BCUT2D eigenvalue weighted by atomic mass is 10.1. The second-order valence-electron chi connectivity index (χ2n) is 3.77. The Bertz CT molecular complexity index is 474. The third-order valence-corrected chi connectivity index (χ3v) is 3.06. The first-order valence-corrected chi connectivity index (χ1v) is 7.27. The van der Waals surface area contributed by atoms with Crippen LogP contribution in [0.25, 0.3) is 0 Å². The molecule has 0 bridgehead atoms. The summed E-state index contributed by atoms with van der Waals surface area (Å²) in [5.74, 6) is 0.0660. The predicted octanol–water partition coefficient (Wildman–Crippen LogP) is 0.750. The highest BCUT2D eigenvalue weighted by Gasteiger charge is 2.07. The summed E-state index contributed by atoms with van der Waals surface area (Å²) in [4.78, 5) is 0. The van der Waals surface area contributed by atoms with Crippen LogP contribution in [0.3, 0.4) is 0 Å². The summed E-state index contributed by atoms with van der Waals surface area (Å²) in [6, 6.07) is 4.11. The summed E-state index contributed by atoms with van der Waals surface area (Å²) in [6.07, 6.45) is 1.63. The van der Waals surface area contributed by atoms with Gasteiger partial charge in [0.1, 0.15) is 18.2 Å². The molecule has 0 fully saturated rings. The number of benzene rings is 1. The van der Waals surface area contributed by atoms with Gasteiger partial charge in [0, 0.05) is 6.26 Å². The highest BCUT2D eigenvalue weighted by Crippen LogP contribution is 2.20. The van der Waals surface area contributed by atoms with Gasteiger partial charge >= 0.3 is 0 Å². The Balaban J connectivity index is 2.69. The second kappa shape index (κ2) is 5.97. The zero-order valence-electron chi connectivity index (χ0n) is 9.65. The smallest absolute Gasteiger partial charge is 0.150 e. The predicted molar refractivity (Wildman–Crippen MR) is 64.4 cm³/mol. The molecule has 0 aromatic heterocycles. The molecule has 4 nitrogen and oxygen atoms in total. The van der Waals surface area contributed by atoms with Crippen LogP contribution in [0, 0.1) is 5.82 Å². The summed E-state index contributed by atoms with van der Waals surface area (Å²) >= 11 is 0. The van der Waals surface area contributed by atoms with Crippen LogP contribution >= 0.6 is 0 Å². The normalized spacial score (nSPS) is 11.5. The molecule has 2 N–H and O–H groups in total. The average Bonchev–Trinajstić information content (AvgIpc) is 2.20. The van der Waals surface area contributed by atoms with Crippen molar-refractivity contribution in [2.45, 2.75) is 6.42 Å². The monoisotopic (exact) mass is 261 g/mol. The van der Waals surface area contributed by atoms with E-state index in [0.717, 1.165) is 6.26 Å². The maximum Gasteiger partial charge on any atom is 0.150 e. The first-order valence-electron chi connectivity index (χ1n) is 5.21. The quantitative estimate of drug-likeness (QED) is 0.820. The standard InChI is InChI=1S/C11H16FNO3S/c1-17(14,15)7-6-16-11-3-2-10(12)8-9(11)4-5-13/h2-3,8H,4-7,13H2,1H3. The van der Waals surface area contributed by atoms with Gasteiger partial charge in [0.25, 0.3) is 0 Å². The first kappa shape index (κ1) is 13.9. The van der Waals surface area contributed by atoms with E-state index in [-0.39, 0.29) is 18.2 Å². The SMILES string of the molecule is CS(=O)(=O)CCOc1ccc(F)cc1CCN. The van der Waals surface area contributed by atoms with Gasteiger partial charge in [-0.15, -0.1) is 0 Å². The fourth-order valence-electron chi connectivity index (χ4n) is 1.34. The van der Waals surface area contributed by atoms with Crippen LogP contribution in [0.1, 0.15) is 5.56 Å². The van der Waals surface area contributed by atoms with Crippen molar-refractivity contribution in [3.8, 4) is 5.75 Å². The van der Waals surface area contributed by atoms with Crippen LogP contribution in [-0.4, -0.2) is 33.6 Å². The van der Waals surface area contributed by atoms with Crippen molar-refractivity contribution in [2.75, 3.05) is 25.2 Å². The molecule has 0 saturated carbocycles. The van der Waals surface area contributed by atoms with Gasteiger partial charge in [0.05, 0.1) is 5.75 Å². The maximum absolute atomic E-state index is 13.0. The van der Waals surface area contributed by atoms with Crippen molar-refractivity contribution in [3.05, 3.63) is 29.6 Å². The van der Waals surface area contributed by atoms with Crippen molar-refractivity contribution < 1.29 is 17.5 Å². The molecule has 0 heterocycles. The molecule has 0 unspecified atom stereocenters. The van der Waals surface area contributed by atoms with Crippen LogP contribution in [0.2, 0.25) is 0 Å². The van der Waals surface area contributed by atoms with Gasteiger partial charge < -0.3 is 10.5 Å². The zero-order valence-corrected chi connectivity index (χ0v) is 10.5. The lowest BCUT2D eigenvalue weighted by Crippen LogP contribution is -2.13. The summed E-state index contributed by atoms with van der Waals surface area (Å²) in [5.41, 5.74) is 6.06. The Labute approximate surface area is 101 Å². The third-order valence-electron chi connectivity index (χ3n) is 2.15. The molecule has 0 radical (unpaired) electrons. The Morgan fingerprint density at radius 2 is 2.12 bits per heavy atom. The molecule has 0 atom stereocenters. The van der Waals surface area contributed by atoms with E-state index in [9.17, 15) is 12.8 Å². The highest BCUT2D eigenvalue weighted by molar-refractivity contribution is 7.90. The molecule has 1 aromatic carbocycles. The second-order valence-corrected chi connectivity index (χ2v) is 6.03. The summed E-state index contributed by atoms with van der Waals surface area (Å²) in [7, 11) is -3.05. The number of halogens is 1. The maximum atomic E-state index is 13.0. The minimum atomic E-state index is -3.05. The van der Waals surface area contributed by atoms with E-state index in [0.29, 0.717) is 24.3 Å². The van der Waals surface area contributed by atoms with Crippen LogP contribution in [0.15, 0.2) is 18.2 Å². The largest absolute Gasteiger partial charge is 0.492 e. The Morgan fingerprint density at radius 1 is 1.41 bits per heavy atom. The topological polar surface area (TPSA) is 69.4 Å². The molecule has 17 heavy (non-hydrogen) atoms. The van der Waals surface area contributed by atoms with Gasteiger partial charge in [-0.25, -0.2) is 12.8 Å². The van der Waals surface area contributed by atoms with Crippen LogP contribution in [0.4, 0.5) is 4.39 Å². The van der Waals surface area contributed by atoms with Gasteiger partial charge in [-0.1, -0.05) is 0 Å². The van der Waals surface area contributed by atoms with Crippen molar-refractivity contribution in [1.29, 1.82) is 0 Å². The number of ether oxygens (including phenoxy) is 1. The number of hydrogen-bond donors (Lipinski definition) is 1. The van der Waals surface area contributed by atoms with Gasteiger partial charge in [-0.05, 0) is 36.7 Å². The van der Waals surface area contributed by atoms with Gasteiger partial charge in [0.2, 0.25) is 0 Å². The Hall–Kier alpha value is -1.14. The summed E-state index contributed by atoms with van der Waals surface area (Å²) in [5, 5.41) is 0. The molecule has 1 rings (SSSR count). The zero-order chi connectivity index (χ0) is 12.9. The molecular formula is C11H16FNO3S. The lowest BCUT2D eigenvalue weighted by Gasteiger charge is -2.10. The molecular weight excluding hydrogens is 245 g/mol. The molecule has 0 saturated heterocycles. The van der Waals surface area contributed by atoms with Crippen LogP contribution < -0.4 is 10.5 Å². The average molecular weight is 261 g/mol. The van der Waals surface area contributed by atoms with Gasteiger partial charge in [0.15, 0.2) is 9.84 Å². The third kappa shape index (κ3) is 5.14. The molecule has 6 heteroatoms. The van der Waals surface area contributed by atoms with Gasteiger partial charge in [-0.3, -0.25) is 0 Å². The molecule has 1 aromatic rings. The first-order chi connectivity index (χ1) is 7.92. The molecule has 96 valence electrons. The minimum absolute atomic E-state index is 0.0576. The van der Waals surface area contributed by atoms with E-state index < -0.39 is 9.84 Å². The Morgan fingerprint density at radius 3 is 2.71 bits per heavy atom. The molecule has 0 spiro atoms. The minimum Gasteiger partial charge on any atom is -0.492 e. The molecule has 0 aliphatic heterocycles. The van der Waals surface area contributed by atoms with E-state index in [1.807, 2.05) is 0 Å². The van der Waals surface area contributed by atoms with E-state index in [1.54, 1.807) is 0 Å². The molecule has 0 aliphatic carbocycles. The van der Waals surface area contributed by atoms with Crippen LogP contribution in [-0.2, 0) is 16.3 Å². The Kier molecular flexibility index (Phi) is 4.89. The number of rotatable bonds is 6. The van der Waals surface area contributed by atoms with E-state index in [2.05, 4.69) is 0 Å². The fourth-order valence-corrected chi connectivity index (χ4v) is 1.73. The number of nitrogens with two attached hydrogens (primary N) is 1. The van der Waals surface area contributed by atoms with E-state index in [4.69, 9.17) is 10.5 Å². The van der Waals surface area contributed by atoms with Crippen molar-refractivity contribution >= 4 is 9.84 Å². The number of sulfone groups is 1. The van der Waals surface area contributed by atoms with Crippen LogP contribution in [0.5, 0.6) is 5.75 Å². The number of hydrogen-bond acceptors (Lipinski definition) is 4. The molecule has 0 amide bonds.